The molecule has 0 aromatic carbocycles. The van der Waals surface area contributed by atoms with Crippen molar-refractivity contribution >= 4 is 18.0 Å². The van der Waals surface area contributed by atoms with Crippen molar-refractivity contribution < 1.29 is 37.7 Å². The topological polar surface area (TPSA) is 113 Å². The van der Waals surface area contributed by atoms with Gasteiger partial charge in [0.05, 0.1) is 6.20 Å². The Labute approximate surface area is 219 Å². The van der Waals surface area contributed by atoms with E-state index in [1.165, 1.54) is 6.20 Å². The molecule has 0 spiro atoms. The van der Waals surface area contributed by atoms with Crippen molar-refractivity contribution in [2.75, 3.05) is 13.3 Å². The largest absolute Gasteiger partial charge is 0.489 e. The van der Waals surface area contributed by atoms with Crippen LogP contribution in [0.25, 0.3) is 0 Å². The van der Waals surface area contributed by atoms with Gasteiger partial charge in [-0.25, -0.2) is 18.8 Å². The van der Waals surface area contributed by atoms with E-state index in [1.54, 1.807) is 80.5 Å². The van der Waals surface area contributed by atoms with Gasteiger partial charge in [-0.2, -0.15) is 0 Å². The van der Waals surface area contributed by atoms with Crippen LogP contribution in [0.5, 0.6) is 5.75 Å². The summed E-state index contributed by atoms with van der Waals surface area (Å²) in [5.41, 5.74) is -1.65. The fraction of sp³-hybridized carbons (Fsp3) is 0.630. The van der Waals surface area contributed by atoms with Crippen molar-refractivity contribution in [2.24, 2.45) is 0 Å². The van der Waals surface area contributed by atoms with Gasteiger partial charge < -0.3 is 24.3 Å². The molecule has 208 valence electrons. The molecule has 10 heteroatoms. The molecule has 0 saturated carbocycles. The lowest BCUT2D eigenvalue weighted by Crippen LogP contribution is -2.46. The average molecular weight is 525 g/mol. The van der Waals surface area contributed by atoms with Crippen LogP contribution < -0.4 is 10.1 Å². The molecule has 1 rings (SSSR count). The second-order valence-corrected chi connectivity index (χ2v) is 11.4. The monoisotopic (exact) mass is 524 g/mol. The van der Waals surface area contributed by atoms with Crippen LogP contribution in [0.3, 0.4) is 0 Å². The number of esters is 2. The lowest BCUT2D eigenvalue weighted by atomic mass is 10.0. The van der Waals surface area contributed by atoms with E-state index in [9.17, 15) is 18.8 Å². The number of hydrogen-bond acceptors (Lipinski definition) is 8. The molecule has 0 aliphatic heterocycles. The van der Waals surface area contributed by atoms with E-state index in [1.807, 2.05) is 0 Å². The SMILES string of the molecule is CC(C)(C)OC(=O)N[C@@H](C/C(=C\Cc1ccc(OCCF)cn1)C(=O)OC(C)(C)C)C(=O)OC(C)(C)C. The van der Waals surface area contributed by atoms with Gasteiger partial charge in [0.15, 0.2) is 0 Å². The smallest absolute Gasteiger partial charge is 0.408 e. The Kier molecular flexibility index (Phi) is 11.5. The maximum atomic E-state index is 13.0. The molecule has 0 aliphatic rings. The van der Waals surface area contributed by atoms with Crippen LogP contribution in [-0.2, 0) is 30.2 Å². The molecule has 0 fully saturated rings. The second-order valence-electron chi connectivity index (χ2n) is 11.4. The van der Waals surface area contributed by atoms with Crippen molar-refractivity contribution in [3.63, 3.8) is 0 Å². The number of halogens is 1. The van der Waals surface area contributed by atoms with Crippen molar-refractivity contribution in [2.45, 2.75) is 98.0 Å². The summed E-state index contributed by atoms with van der Waals surface area (Å²) in [5.74, 6) is -0.945. The highest BCUT2D eigenvalue weighted by Crippen LogP contribution is 2.19. The van der Waals surface area contributed by atoms with Crippen LogP contribution in [0, 0.1) is 0 Å². The van der Waals surface area contributed by atoms with Crippen LogP contribution in [0.4, 0.5) is 9.18 Å². The summed E-state index contributed by atoms with van der Waals surface area (Å²) in [4.78, 5) is 42.8. The molecule has 0 bridgehead atoms. The number of ether oxygens (including phenoxy) is 4. The minimum atomic E-state index is -1.21. The third-order valence-electron chi connectivity index (χ3n) is 4.17. The number of aromatic nitrogens is 1. The summed E-state index contributed by atoms with van der Waals surface area (Å²) in [5, 5.41) is 2.52. The Morgan fingerprint density at radius 3 is 2.03 bits per heavy atom. The van der Waals surface area contributed by atoms with Gasteiger partial charge in [0.25, 0.3) is 0 Å². The van der Waals surface area contributed by atoms with Gasteiger partial charge in [-0.1, -0.05) is 6.08 Å². The number of alkyl carbamates (subject to hydrolysis) is 1. The van der Waals surface area contributed by atoms with E-state index >= 15 is 0 Å². The molecule has 0 radical (unpaired) electrons. The number of allylic oxidation sites excluding steroid dienone is 1. The average Bonchev–Trinajstić information content (AvgIpc) is 2.71. The van der Waals surface area contributed by atoms with Crippen molar-refractivity contribution in [3.05, 3.63) is 35.7 Å². The van der Waals surface area contributed by atoms with E-state index in [4.69, 9.17) is 18.9 Å². The minimum Gasteiger partial charge on any atom is -0.489 e. The zero-order chi connectivity index (χ0) is 28.4. The summed E-state index contributed by atoms with van der Waals surface area (Å²) in [6.07, 6.45) is 2.26. The fourth-order valence-electron chi connectivity index (χ4n) is 2.83. The molecule has 0 saturated heterocycles. The van der Waals surface area contributed by atoms with Gasteiger partial charge in [-0.15, -0.1) is 0 Å². The highest BCUT2D eigenvalue weighted by Gasteiger charge is 2.32. The Bertz CT molecular complexity index is 939. The van der Waals surface area contributed by atoms with Gasteiger partial charge in [0.1, 0.15) is 41.9 Å². The van der Waals surface area contributed by atoms with E-state index in [0.717, 1.165) is 0 Å². The zero-order valence-corrected chi connectivity index (χ0v) is 23.4. The molecule has 37 heavy (non-hydrogen) atoms. The summed E-state index contributed by atoms with van der Waals surface area (Å²) in [6.45, 7) is 14.7. The van der Waals surface area contributed by atoms with Gasteiger partial charge in [-0.3, -0.25) is 4.98 Å². The second kappa shape index (κ2) is 13.4. The molecular formula is C27H41FN2O7. The third-order valence-corrected chi connectivity index (χ3v) is 4.17. The summed E-state index contributed by atoms with van der Waals surface area (Å²) in [6, 6.07) is 2.12. The molecule has 1 atom stereocenters. The molecule has 0 aliphatic carbocycles. The Hall–Kier alpha value is -3.17. The number of hydrogen-bond donors (Lipinski definition) is 1. The van der Waals surface area contributed by atoms with Crippen LogP contribution in [0.15, 0.2) is 30.0 Å². The minimum absolute atomic E-state index is 0.0690. The molecule has 0 unspecified atom stereocenters. The number of carbonyl (C=O) groups is 3. The predicted molar refractivity (Wildman–Crippen MR) is 137 cm³/mol. The Morgan fingerprint density at radius 1 is 0.946 bits per heavy atom. The van der Waals surface area contributed by atoms with Crippen LogP contribution in [-0.4, -0.2) is 59.1 Å². The number of pyridine rings is 1. The van der Waals surface area contributed by atoms with Gasteiger partial charge in [0, 0.05) is 24.1 Å². The van der Waals surface area contributed by atoms with Crippen LogP contribution >= 0.6 is 0 Å². The lowest BCUT2D eigenvalue weighted by Gasteiger charge is -2.27. The zero-order valence-electron chi connectivity index (χ0n) is 23.4. The number of amides is 1. The first-order valence-corrected chi connectivity index (χ1v) is 12.2. The fourth-order valence-corrected chi connectivity index (χ4v) is 2.83. The quantitative estimate of drug-likeness (QED) is 0.262. The van der Waals surface area contributed by atoms with Crippen molar-refractivity contribution in [1.82, 2.24) is 10.3 Å². The maximum absolute atomic E-state index is 13.0. The maximum Gasteiger partial charge on any atom is 0.408 e. The van der Waals surface area contributed by atoms with E-state index in [-0.39, 0.29) is 25.0 Å². The van der Waals surface area contributed by atoms with Crippen LogP contribution in [0.2, 0.25) is 0 Å². The number of alkyl halides is 1. The summed E-state index contributed by atoms with van der Waals surface area (Å²) in [7, 11) is 0. The van der Waals surface area contributed by atoms with Gasteiger partial charge in [-0.05, 0) is 74.4 Å². The van der Waals surface area contributed by atoms with E-state index < -0.39 is 47.6 Å². The Balaban J connectivity index is 3.24. The number of carbonyl (C=O) groups excluding carboxylic acids is 3. The molecule has 9 nitrogen and oxygen atoms in total. The molecule has 1 amide bonds. The standard InChI is InChI=1S/C27H41FN2O7/c1-25(2,3)35-22(31)18(10-11-19-12-13-20(17-29-19)34-15-14-28)16-21(23(32)36-26(4,5)6)30-24(33)37-27(7,8)9/h10,12-13,17,21H,11,14-16H2,1-9H3,(H,30,33)/b18-10+/t21-/m0/s1. The van der Waals surface area contributed by atoms with Crippen LogP contribution in [0.1, 0.15) is 74.4 Å². The van der Waals surface area contributed by atoms with E-state index in [0.29, 0.717) is 11.4 Å². The lowest BCUT2D eigenvalue weighted by molar-refractivity contribution is -0.157. The van der Waals surface area contributed by atoms with Gasteiger partial charge in [0.2, 0.25) is 0 Å². The van der Waals surface area contributed by atoms with Crippen molar-refractivity contribution in [1.29, 1.82) is 0 Å². The van der Waals surface area contributed by atoms with Crippen molar-refractivity contribution in [3.8, 4) is 5.75 Å². The van der Waals surface area contributed by atoms with Gasteiger partial charge >= 0.3 is 18.0 Å². The number of nitrogens with zero attached hydrogens (tertiary/aromatic N) is 1. The number of nitrogens with one attached hydrogen (secondary N) is 1. The normalized spacial score (nSPS) is 13.4. The molecule has 1 aromatic heterocycles. The molecular weight excluding hydrogens is 483 g/mol. The first-order valence-electron chi connectivity index (χ1n) is 12.2. The number of rotatable bonds is 10. The first-order chi connectivity index (χ1) is 16.9. The highest BCUT2D eigenvalue weighted by molar-refractivity contribution is 5.91. The summed E-state index contributed by atoms with van der Waals surface area (Å²) < 4.78 is 33.8. The highest BCUT2D eigenvalue weighted by atomic mass is 19.1. The molecule has 1 aromatic rings. The molecule has 1 heterocycles. The first kappa shape index (κ1) is 31.9. The van der Waals surface area contributed by atoms with E-state index in [2.05, 4.69) is 10.3 Å². The third kappa shape index (κ3) is 14.2. The predicted octanol–water partition coefficient (Wildman–Crippen LogP) is 4.87. The summed E-state index contributed by atoms with van der Waals surface area (Å²) >= 11 is 0. The Morgan fingerprint density at radius 2 is 1.54 bits per heavy atom. The molecule has 1 N–H and O–H groups in total.